The maximum Gasteiger partial charge on any atom is 0.296 e. The van der Waals surface area contributed by atoms with Crippen molar-refractivity contribution in [1.29, 1.82) is 0 Å². The third kappa shape index (κ3) is 3.78. The summed E-state index contributed by atoms with van der Waals surface area (Å²) < 4.78 is 1.62. The number of rotatable bonds is 3. The summed E-state index contributed by atoms with van der Waals surface area (Å²) in [4.78, 5) is 29.2. The zero-order chi connectivity index (χ0) is 19.0. The molecule has 0 saturated carbocycles. The summed E-state index contributed by atoms with van der Waals surface area (Å²) in [5.74, 6) is 0. The molecule has 0 N–H and O–H groups in total. The summed E-state index contributed by atoms with van der Waals surface area (Å²) in [7, 11) is 0. The summed E-state index contributed by atoms with van der Waals surface area (Å²) in [6.07, 6.45) is 2.00. The van der Waals surface area contributed by atoms with E-state index < -0.39 is 5.56 Å². The number of aromatic nitrogens is 3. The lowest BCUT2D eigenvalue weighted by molar-refractivity contribution is 0.811. The Labute approximate surface area is 167 Å². The van der Waals surface area contributed by atoms with Crippen LogP contribution in [0.25, 0.3) is 11.0 Å². The molecule has 2 heterocycles. The Morgan fingerprint density at radius 1 is 0.963 bits per heavy atom. The highest BCUT2D eigenvalue weighted by Gasteiger charge is 2.11. The van der Waals surface area contributed by atoms with Crippen molar-refractivity contribution in [1.82, 2.24) is 14.6 Å². The van der Waals surface area contributed by atoms with Gasteiger partial charge in [-0.15, -0.1) is 0 Å². The van der Waals surface area contributed by atoms with Gasteiger partial charge < -0.3 is 0 Å². The van der Waals surface area contributed by atoms with Crippen molar-refractivity contribution in [2.24, 2.45) is 0 Å². The quantitative estimate of drug-likeness (QED) is 0.515. The predicted molar refractivity (Wildman–Crippen MR) is 108 cm³/mol. The van der Waals surface area contributed by atoms with Gasteiger partial charge in [0, 0.05) is 16.5 Å². The van der Waals surface area contributed by atoms with Crippen LogP contribution in [0.1, 0.15) is 16.8 Å². The molecular formula is C19H11Cl2N3O2S. The highest BCUT2D eigenvalue weighted by Crippen LogP contribution is 2.12. The summed E-state index contributed by atoms with van der Waals surface area (Å²) in [5.41, 5.74) is 1.15. The minimum atomic E-state index is -0.441. The monoisotopic (exact) mass is 415 g/mol. The Morgan fingerprint density at radius 3 is 2.26 bits per heavy atom. The Kier molecular flexibility index (Phi) is 4.78. The fourth-order valence-corrected chi connectivity index (χ4v) is 3.71. The minimum absolute atomic E-state index is 0.211. The maximum absolute atomic E-state index is 12.7. The number of benzene rings is 2. The van der Waals surface area contributed by atoms with Crippen molar-refractivity contribution in [2.75, 3.05) is 0 Å². The molecule has 8 heteroatoms. The normalized spacial score (nSPS) is 12.0. The van der Waals surface area contributed by atoms with Gasteiger partial charge in [-0.2, -0.15) is 14.6 Å². The van der Waals surface area contributed by atoms with Crippen LogP contribution in [-0.2, 0) is 6.42 Å². The average molecular weight is 416 g/mol. The number of hydrogen-bond donors (Lipinski definition) is 0. The fourth-order valence-electron chi connectivity index (χ4n) is 2.56. The number of halogens is 2. The van der Waals surface area contributed by atoms with Gasteiger partial charge in [0.1, 0.15) is 5.69 Å². The second kappa shape index (κ2) is 7.23. The van der Waals surface area contributed by atoms with E-state index in [0.717, 1.165) is 22.5 Å². The maximum atomic E-state index is 12.7. The van der Waals surface area contributed by atoms with E-state index in [1.807, 2.05) is 24.3 Å². The Bertz CT molecular complexity index is 1300. The van der Waals surface area contributed by atoms with Crippen molar-refractivity contribution < 1.29 is 0 Å². The largest absolute Gasteiger partial charge is 0.296 e. The first-order chi connectivity index (χ1) is 13.0. The van der Waals surface area contributed by atoms with Gasteiger partial charge in [0.05, 0.1) is 4.53 Å². The van der Waals surface area contributed by atoms with Crippen LogP contribution in [-0.4, -0.2) is 14.6 Å². The molecule has 0 radical (unpaired) electrons. The summed E-state index contributed by atoms with van der Waals surface area (Å²) in [5, 5.41) is 5.46. The third-order valence-electron chi connectivity index (χ3n) is 3.90. The lowest BCUT2D eigenvalue weighted by Crippen LogP contribution is -2.28. The lowest BCUT2D eigenvalue weighted by Gasteiger charge is -2.00. The first-order valence-electron chi connectivity index (χ1n) is 7.94. The Hall–Kier alpha value is -2.54. The molecule has 0 aliphatic rings. The fraction of sp³-hybridized carbons (Fsp3) is 0.0526. The molecule has 5 nitrogen and oxygen atoms in total. The highest BCUT2D eigenvalue weighted by molar-refractivity contribution is 7.15. The Morgan fingerprint density at radius 2 is 1.59 bits per heavy atom. The van der Waals surface area contributed by atoms with Crippen LogP contribution in [0, 0.1) is 0 Å². The molecule has 0 amide bonds. The predicted octanol–water partition coefficient (Wildman–Crippen LogP) is 2.96. The molecule has 0 bridgehead atoms. The van der Waals surface area contributed by atoms with E-state index in [-0.39, 0.29) is 22.6 Å². The first-order valence-corrected chi connectivity index (χ1v) is 9.51. The topological polar surface area (TPSA) is 64.3 Å². The van der Waals surface area contributed by atoms with Crippen LogP contribution >= 0.6 is 34.5 Å². The van der Waals surface area contributed by atoms with Gasteiger partial charge in [-0.3, -0.25) is 9.59 Å². The van der Waals surface area contributed by atoms with Crippen molar-refractivity contribution >= 4 is 45.6 Å². The first kappa shape index (κ1) is 17.9. The molecule has 0 spiro atoms. The molecule has 4 rings (SSSR count). The van der Waals surface area contributed by atoms with E-state index in [9.17, 15) is 9.59 Å². The average Bonchev–Trinajstić information content (AvgIpc) is 2.94. The lowest BCUT2D eigenvalue weighted by atomic mass is 10.1. The van der Waals surface area contributed by atoms with Crippen LogP contribution < -0.4 is 15.7 Å². The molecule has 0 unspecified atom stereocenters. The Balaban J connectivity index is 1.79. The number of hydrogen-bond acceptors (Lipinski definition) is 5. The van der Waals surface area contributed by atoms with E-state index in [0.29, 0.717) is 14.6 Å². The molecule has 0 saturated heterocycles. The van der Waals surface area contributed by atoms with Crippen LogP contribution in [0.15, 0.2) is 58.1 Å². The standard InChI is InChI=1S/C19H11Cl2N3O2S/c20-13-5-1-11(2-6-13)9-15-17(25)22-19-24(23-15)18(26)16(27-19)10-12-3-7-14(21)8-4-12/h1-8,10H,9H2/b16-10+. The summed E-state index contributed by atoms with van der Waals surface area (Å²) in [6, 6.07) is 14.2. The van der Waals surface area contributed by atoms with Gasteiger partial charge in [0.2, 0.25) is 4.96 Å². The van der Waals surface area contributed by atoms with E-state index in [2.05, 4.69) is 10.1 Å². The van der Waals surface area contributed by atoms with Gasteiger partial charge in [-0.25, -0.2) is 0 Å². The van der Waals surface area contributed by atoms with Crippen molar-refractivity contribution in [3.63, 3.8) is 0 Å². The molecule has 134 valence electrons. The second-order valence-electron chi connectivity index (χ2n) is 5.83. The molecule has 4 aromatic rings. The number of fused-ring (bicyclic) bond motifs is 1. The van der Waals surface area contributed by atoms with E-state index in [1.54, 1.807) is 30.3 Å². The summed E-state index contributed by atoms with van der Waals surface area (Å²) in [6.45, 7) is 0. The van der Waals surface area contributed by atoms with Gasteiger partial charge in [-0.1, -0.05) is 58.8 Å². The third-order valence-corrected chi connectivity index (χ3v) is 5.37. The molecular weight excluding hydrogens is 405 g/mol. The van der Waals surface area contributed by atoms with Crippen molar-refractivity contribution in [3.05, 3.63) is 101 Å². The second-order valence-corrected chi connectivity index (χ2v) is 7.71. The molecule has 27 heavy (non-hydrogen) atoms. The SMILES string of the molecule is O=c1nc2s/c(=C/c3ccc(Cl)cc3)c(=O)n2nc1Cc1ccc(Cl)cc1. The van der Waals surface area contributed by atoms with Gasteiger partial charge in [0.15, 0.2) is 0 Å². The molecule has 0 atom stereocenters. The van der Waals surface area contributed by atoms with Crippen molar-refractivity contribution in [3.8, 4) is 0 Å². The smallest absolute Gasteiger partial charge is 0.266 e. The van der Waals surface area contributed by atoms with E-state index >= 15 is 0 Å². The highest BCUT2D eigenvalue weighted by atomic mass is 35.5. The van der Waals surface area contributed by atoms with Gasteiger partial charge in [-0.05, 0) is 41.5 Å². The molecule has 0 fully saturated rings. The van der Waals surface area contributed by atoms with E-state index in [1.165, 1.54) is 4.52 Å². The number of thiazole rings is 1. The number of nitrogens with zero attached hydrogens (tertiary/aromatic N) is 3. The molecule has 2 aromatic heterocycles. The van der Waals surface area contributed by atoms with Crippen LogP contribution in [0.4, 0.5) is 0 Å². The summed E-state index contributed by atoms with van der Waals surface area (Å²) >= 11 is 12.9. The van der Waals surface area contributed by atoms with Crippen molar-refractivity contribution in [2.45, 2.75) is 6.42 Å². The molecule has 0 aliphatic carbocycles. The van der Waals surface area contributed by atoms with Crippen LogP contribution in [0.5, 0.6) is 0 Å². The van der Waals surface area contributed by atoms with E-state index in [4.69, 9.17) is 23.2 Å². The van der Waals surface area contributed by atoms with Gasteiger partial charge >= 0.3 is 0 Å². The molecule has 2 aromatic carbocycles. The zero-order valence-corrected chi connectivity index (χ0v) is 16.1. The molecule has 0 aliphatic heterocycles. The zero-order valence-electron chi connectivity index (χ0n) is 13.7. The minimum Gasteiger partial charge on any atom is -0.266 e. The van der Waals surface area contributed by atoms with Gasteiger partial charge in [0.25, 0.3) is 11.1 Å². The van der Waals surface area contributed by atoms with Crippen LogP contribution in [0.2, 0.25) is 10.0 Å². The van der Waals surface area contributed by atoms with Crippen LogP contribution in [0.3, 0.4) is 0 Å².